The van der Waals surface area contributed by atoms with E-state index in [1.807, 2.05) is 0 Å². The summed E-state index contributed by atoms with van der Waals surface area (Å²) in [5.74, 6) is -1.96. The minimum absolute atomic E-state index is 0.126. The van der Waals surface area contributed by atoms with E-state index in [0.29, 0.717) is 0 Å². The van der Waals surface area contributed by atoms with Gasteiger partial charge in [-0.05, 0) is 6.08 Å². The van der Waals surface area contributed by atoms with Gasteiger partial charge in [0.2, 0.25) is 0 Å². The lowest BCUT2D eigenvalue weighted by Gasteiger charge is -2.11. The number of methoxy groups -OCH3 is 2. The summed E-state index contributed by atoms with van der Waals surface area (Å²) < 4.78 is 18.3. The molecule has 0 spiro atoms. The lowest BCUT2D eigenvalue weighted by molar-refractivity contribution is -0.142. The highest BCUT2D eigenvalue weighted by Crippen LogP contribution is 1.99. The molecule has 1 atom stereocenters. The zero-order valence-corrected chi connectivity index (χ0v) is 12.3. The first kappa shape index (κ1) is 19.4. The molecule has 122 valence electrons. The van der Waals surface area contributed by atoms with Crippen LogP contribution in [0.4, 0.5) is 0 Å². The fourth-order valence-corrected chi connectivity index (χ4v) is 0.959. The van der Waals surface area contributed by atoms with E-state index in [4.69, 9.17) is 4.74 Å². The smallest absolute Gasteiger partial charge is 0.331 e. The number of hydrogen-bond acceptors (Lipinski definition) is 8. The van der Waals surface area contributed by atoms with Crippen LogP contribution in [0.5, 0.6) is 0 Å². The lowest BCUT2D eigenvalue weighted by atomic mass is 10.4. The van der Waals surface area contributed by atoms with Crippen LogP contribution in [0, 0.1) is 0 Å². The molecule has 1 N–H and O–H groups in total. The number of allylic oxidation sites excluding steroid dienone is 1. The third-order valence-electron chi connectivity index (χ3n) is 2.04. The maximum atomic E-state index is 11.2. The van der Waals surface area contributed by atoms with Crippen LogP contribution in [0.15, 0.2) is 36.6 Å². The first-order valence-corrected chi connectivity index (χ1v) is 6.07. The van der Waals surface area contributed by atoms with Crippen LogP contribution in [-0.4, -0.2) is 56.6 Å². The lowest BCUT2D eigenvalue weighted by Crippen LogP contribution is -2.23. The van der Waals surface area contributed by atoms with E-state index in [-0.39, 0.29) is 19.0 Å². The summed E-state index contributed by atoms with van der Waals surface area (Å²) in [5, 5.41) is 9.52. The third kappa shape index (κ3) is 10.2. The largest absolute Gasteiger partial charge is 0.491 e. The van der Waals surface area contributed by atoms with Gasteiger partial charge in [-0.25, -0.2) is 14.4 Å². The number of carbonyl (C=O) groups excluding carboxylic acids is 3. The SMILES string of the molecule is C=C(/C=C/C(=O)OC)OCC(O)COC(=O)/C=C/C(=O)OC. The van der Waals surface area contributed by atoms with Crippen molar-refractivity contribution < 1.29 is 38.4 Å². The average Bonchev–Trinajstić information content (AvgIpc) is 2.53. The van der Waals surface area contributed by atoms with Crippen LogP contribution < -0.4 is 0 Å². The Kier molecular flexibility index (Phi) is 9.78. The van der Waals surface area contributed by atoms with Gasteiger partial charge in [0, 0.05) is 18.2 Å². The van der Waals surface area contributed by atoms with Crippen LogP contribution in [0.2, 0.25) is 0 Å². The van der Waals surface area contributed by atoms with Crippen molar-refractivity contribution in [3.05, 3.63) is 36.6 Å². The number of rotatable bonds is 9. The Bertz CT molecular complexity index is 421. The standard InChI is InChI=1S/C14H18O8/c1-10(4-5-12(16)19-2)21-8-11(15)9-22-14(18)7-6-13(17)20-3/h4-7,11,15H,1,8-9H2,2-3H3/b5-4+,7-6+. The Morgan fingerprint density at radius 1 is 0.909 bits per heavy atom. The summed E-state index contributed by atoms with van der Waals surface area (Å²) in [7, 11) is 2.39. The Balaban J connectivity index is 3.97. The molecule has 0 bridgehead atoms. The minimum Gasteiger partial charge on any atom is -0.491 e. The van der Waals surface area contributed by atoms with E-state index in [1.54, 1.807) is 0 Å². The highest BCUT2D eigenvalue weighted by Gasteiger charge is 2.08. The predicted molar refractivity (Wildman–Crippen MR) is 74.4 cm³/mol. The molecule has 22 heavy (non-hydrogen) atoms. The number of carbonyl (C=O) groups is 3. The summed E-state index contributed by atoms with van der Waals surface area (Å²) in [4.78, 5) is 32.7. The van der Waals surface area contributed by atoms with Gasteiger partial charge >= 0.3 is 17.9 Å². The molecule has 0 aliphatic rings. The van der Waals surface area contributed by atoms with E-state index in [2.05, 4.69) is 20.8 Å². The average molecular weight is 314 g/mol. The first-order chi connectivity index (χ1) is 10.4. The third-order valence-corrected chi connectivity index (χ3v) is 2.04. The molecular weight excluding hydrogens is 296 g/mol. The molecule has 0 saturated heterocycles. The quantitative estimate of drug-likeness (QED) is 0.206. The molecule has 0 aliphatic heterocycles. The Labute approximate surface area is 127 Å². The van der Waals surface area contributed by atoms with E-state index in [0.717, 1.165) is 18.2 Å². The molecule has 8 nitrogen and oxygen atoms in total. The minimum atomic E-state index is -1.10. The summed E-state index contributed by atoms with van der Waals surface area (Å²) >= 11 is 0. The number of esters is 3. The molecule has 0 heterocycles. The van der Waals surface area contributed by atoms with Crippen LogP contribution >= 0.6 is 0 Å². The summed E-state index contributed by atoms with van der Waals surface area (Å²) in [5.41, 5.74) is 0. The molecule has 0 aliphatic carbocycles. The van der Waals surface area contributed by atoms with Crippen LogP contribution in [0.1, 0.15) is 0 Å². The second-order valence-corrected chi connectivity index (χ2v) is 3.77. The van der Waals surface area contributed by atoms with E-state index >= 15 is 0 Å². The van der Waals surface area contributed by atoms with Gasteiger partial charge in [-0.2, -0.15) is 0 Å². The van der Waals surface area contributed by atoms with Crippen molar-refractivity contribution in [3.8, 4) is 0 Å². The van der Waals surface area contributed by atoms with Gasteiger partial charge in [0.25, 0.3) is 0 Å². The van der Waals surface area contributed by atoms with Gasteiger partial charge in [-0.15, -0.1) is 0 Å². The van der Waals surface area contributed by atoms with Crippen molar-refractivity contribution in [2.75, 3.05) is 27.4 Å². The van der Waals surface area contributed by atoms with Gasteiger partial charge in [0.1, 0.15) is 25.1 Å². The van der Waals surface area contributed by atoms with Crippen LogP contribution in [-0.2, 0) is 33.3 Å². The van der Waals surface area contributed by atoms with E-state index in [9.17, 15) is 19.5 Å². The zero-order valence-electron chi connectivity index (χ0n) is 12.3. The molecule has 0 aromatic carbocycles. The van der Waals surface area contributed by atoms with Crippen molar-refractivity contribution in [1.29, 1.82) is 0 Å². The molecular formula is C14H18O8. The Morgan fingerprint density at radius 3 is 1.91 bits per heavy atom. The number of aliphatic hydroxyl groups excluding tert-OH is 1. The van der Waals surface area contributed by atoms with Gasteiger partial charge < -0.3 is 24.1 Å². The molecule has 0 amide bonds. The van der Waals surface area contributed by atoms with Crippen molar-refractivity contribution in [2.24, 2.45) is 0 Å². The maximum Gasteiger partial charge on any atom is 0.331 e. The highest BCUT2D eigenvalue weighted by atomic mass is 16.6. The topological polar surface area (TPSA) is 108 Å². The number of aliphatic hydroxyl groups is 1. The monoisotopic (exact) mass is 314 g/mol. The molecule has 0 aromatic rings. The van der Waals surface area contributed by atoms with E-state index < -0.39 is 24.0 Å². The summed E-state index contributed by atoms with van der Waals surface area (Å²) in [6.45, 7) is 2.96. The molecule has 0 saturated carbocycles. The van der Waals surface area contributed by atoms with Crippen LogP contribution in [0.3, 0.4) is 0 Å². The second-order valence-electron chi connectivity index (χ2n) is 3.77. The molecule has 0 radical (unpaired) electrons. The Morgan fingerprint density at radius 2 is 1.36 bits per heavy atom. The molecule has 8 heteroatoms. The van der Waals surface area contributed by atoms with E-state index in [1.165, 1.54) is 20.3 Å². The highest BCUT2D eigenvalue weighted by molar-refractivity contribution is 5.91. The summed E-state index contributed by atoms with van der Waals surface area (Å²) in [6, 6.07) is 0. The number of hydrogen-bond donors (Lipinski definition) is 1. The first-order valence-electron chi connectivity index (χ1n) is 6.07. The maximum absolute atomic E-state index is 11.2. The molecule has 0 fully saturated rings. The fourth-order valence-electron chi connectivity index (χ4n) is 0.959. The van der Waals surface area contributed by atoms with Gasteiger partial charge in [0.05, 0.1) is 14.2 Å². The van der Waals surface area contributed by atoms with Crippen molar-refractivity contribution in [3.63, 3.8) is 0 Å². The molecule has 1 unspecified atom stereocenters. The van der Waals surface area contributed by atoms with Crippen molar-refractivity contribution in [2.45, 2.75) is 6.10 Å². The predicted octanol–water partition coefficient (Wildman–Crippen LogP) is -0.121. The Hall–Kier alpha value is -2.61. The summed E-state index contributed by atoms with van der Waals surface area (Å²) in [6.07, 6.45) is 3.04. The second kappa shape index (κ2) is 11.1. The van der Waals surface area contributed by atoms with Gasteiger partial charge in [-0.1, -0.05) is 6.58 Å². The zero-order chi connectivity index (χ0) is 17.0. The van der Waals surface area contributed by atoms with Crippen molar-refractivity contribution in [1.82, 2.24) is 0 Å². The normalized spacial score (nSPS) is 12.0. The molecule has 0 rings (SSSR count). The fraction of sp³-hybridized carbons (Fsp3) is 0.357. The van der Waals surface area contributed by atoms with Crippen molar-refractivity contribution >= 4 is 17.9 Å². The number of ether oxygens (including phenoxy) is 4. The van der Waals surface area contributed by atoms with Crippen LogP contribution in [0.25, 0.3) is 0 Å². The van der Waals surface area contributed by atoms with Gasteiger partial charge in [-0.3, -0.25) is 0 Å². The van der Waals surface area contributed by atoms with Gasteiger partial charge in [0.15, 0.2) is 0 Å². The molecule has 0 aromatic heterocycles.